The Morgan fingerprint density at radius 3 is 2.19 bits per heavy atom. The number of benzene rings is 2. The molecular weight excluding hydrogens is 332 g/mol. The Kier molecular flexibility index (Phi) is 5.16. The van der Waals surface area contributed by atoms with Crippen LogP contribution in [-0.4, -0.2) is 34.2 Å². The van der Waals surface area contributed by atoms with Gasteiger partial charge in [0.15, 0.2) is 17.3 Å². The van der Waals surface area contributed by atoms with E-state index < -0.39 is 0 Å². The lowest BCUT2D eigenvalue weighted by molar-refractivity contribution is -0.113. The summed E-state index contributed by atoms with van der Waals surface area (Å²) in [5.74, 6) is 2.51. The Hall–Kier alpha value is -2.95. The maximum atomic E-state index is 12.6. The summed E-state index contributed by atoms with van der Waals surface area (Å²) in [7, 11) is 6.34. The highest BCUT2D eigenvalue weighted by Crippen LogP contribution is 2.42. The molecule has 0 aromatic heterocycles. The molecule has 1 aliphatic rings. The van der Waals surface area contributed by atoms with Gasteiger partial charge in [0.25, 0.3) is 0 Å². The molecule has 3 rings (SSSR count). The van der Waals surface area contributed by atoms with E-state index in [-0.39, 0.29) is 5.78 Å². The van der Waals surface area contributed by atoms with Gasteiger partial charge < -0.3 is 18.9 Å². The lowest BCUT2D eigenvalue weighted by Crippen LogP contribution is -2.13. The fraction of sp³-hybridized carbons (Fsp3) is 0.286. The number of allylic oxidation sites excluding steroid dienone is 1. The summed E-state index contributed by atoms with van der Waals surface area (Å²) < 4.78 is 21.8. The van der Waals surface area contributed by atoms with Crippen molar-refractivity contribution in [3.8, 4) is 23.0 Å². The molecule has 2 aromatic carbocycles. The van der Waals surface area contributed by atoms with Gasteiger partial charge in [-0.15, -0.1) is 0 Å². The first-order valence-electron chi connectivity index (χ1n) is 8.34. The first-order valence-corrected chi connectivity index (χ1v) is 8.34. The molecule has 0 fully saturated rings. The van der Waals surface area contributed by atoms with E-state index in [1.165, 1.54) is 0 Å². The van der Waals surface area contributed by atoms with E-state index in [9.17, 15) is 4.79 Å². The molecule has 0 atom stereocenters. The van der Waals surface area contributed by atoms with Crippen LogP contribution in [0.1, 0.15) is 23.1 Å². The molecule has 0 unspecified atom stereocenters. The molecule has 1 aliphatic carbocycles. The minimum absolute atomic E-state index is 0.0996. The summed E-state index contributed by atoms with van der Waals surface area (Å²) in [5.41, 5.74) is 3.36. The predicted octanol–water partition coefficient (Wildman–Crippen LogP) is 3.78. The zero-order valence-electron chi connectivity index (χ0n) is 15.4. The SMILES string of the molecule is COc1cccc2c1CCC(=O)/C2=C/c1ccc(OC)c(OC)c1OC. The quantitative estimate of drug-likeness (QED) is 0.765. The van der Waals surface area contributed by atoms with Crippen LogP contribution in [0.2, 0.25) is 0 Å². The number of carbonyl (C=O) groups is 1. The fourth-order valence-electron chi connectivity index (χ4n) is 3.34. The number of hydrogen-bond acceptors (Lipinski definition) is 5. The van der Waals surface area contributed by atoms with Gasteiger partial charge in [-0.3, -0.25) is 4.79 Å². The lowest BCUT2D eigenvalue weighted by atomic mass is 9.85. The number of rotatable bonds is 5. The van der Waals surface area contributed by atoms with Gasteiger partial charge in [0.1, 0.15) is 5.75 Å². The summed E-state index contributed by atoms with van der Waals surface area (Å²) in [6.07, 6.45) is 2.98. The number of carbonyl (C=O) groups excluding carboxylic acids is 1. The number of ether oxygens (including phenoxy) is 4. The average Bonchev–Trinajstić information content (AvgIpc) is 2.68. The van der Waals surface area contributed by atoms with Crippen LogP contribution in [0.3, 0.4) is 0 Å². The van der Waals surface area contributed by atoms with Crippen molar-refractivity contribution in [2.45, 2.75) is 12.8 Å². The second-order valence-corrected chi connectivity index (χ2v) is 5.89. The van der Waals surface area contributed by atoms with Crippen molar-refractivity contribution in [1.29, 1.82) is 0 Å². The maximum absolute atomic E-state index is 12.6. The first kappa shape index (κ1) is 17.9. The molecule has 0 spiro atoms. The minimum atomic E-state index is 0.0996. The molecule has 5 heteroatoms. The van der Waals surface area contributed by atoms with E-state index in [0.29, 0.717) is 35.7 Å². The number of methoxy groups -OCH3 is 4. The molecular formula is C21H22O5. The molecule has 0 radical (unpaired) electrons. The molecule has 136 valence electrons. The minimum Gasteiger partial charge on any atom is -0.496 e. The monoisotopic (exact) mass is 354 g/mol. The van der Waals surface area contributed by atoms with Gasteiger partial charge in [-0.1, -0.05) is 12.1 Å². The molecule has 0 heterocycles. The smallest absolute Gasteiger partial charge is 0.203 e. The highest BCUT2D eigenvalue weighted by atomic mass is 16.5. The van der Waals surface area contributed by atoms with Crippen LogP contribution in [0.4, 0.5) is 0 Å². The lowest BCUT2D eigenvalue weighted by Gasteiger charge is -2.21. The molecule has 0 bridgehead atoms. The molecule has 5 nitrogen and oxygen atoms in total. The summed E-state index contributed by atoms with van der Waals surface area (Å²) in [5, 5.41) is 0. The highest BCUT2D eigenvalue weighted by Gasteiger charge is 2.25. The van der Waals surface area contributed by atoms with Crippen molar-refractivity contribution in [2.24, 2.45) is 0 Å². The van der Waals surface area contributed by atoms with Crippen LogP contribution in [0.25, 0.3) is 11.6 Å². The third-order valence-corrected chi connectivity index (χ3v) is 4.58. The average molecular weight is 354 g/mol. The summed E-state index contributed by atoms with van der Waals surface area (Å²) >= 11 is 0. The predicted molar refractivity (Wildman–Crippen MR) is 100 cm³/mol. The van der Waals surface area contributed by atoms with Gasteiger partial charge in [0, 0.05) is 23.1 Å². The van der Waals surface area contributed by atoms with Gasteiger partial charge in [-0.05, 0) is 36.3 Å². The molecule has 0 amide bonds. The second kappa shape index (κ2) is 7.52. The normalized spacial score (nSPS) is 14.8. The number of ketones is 1. The molecule has 0 saturated carbocycles. The molecule has 26 heavy (non-hydrogen) atoms. The van der Waals surface area contributed by atoms with Crippen LogP contribution in [0, 0.1) is 0 Å². The van der Waals surface area contributed by atoms with Crippen molar-refractivity contribution < 1.29 is 23.7 Å². The third kappa shape index (κ3) is 3.01. The van der Waals surface area contributed by atoms with Crippen LogP contribution in [0.15, 0.2) is 30.3 Å². The van der Waals surface area contributed by atoms with E-state index in [0.717, 1.165) is 22.4 Å². The Balaban J connectivity index is 2.19. The van der Waals surface area contributed by atoms with E-state index in [1.54, 1.807) is 34.5 Å². The van der Waals surface area contributed by atoms with Crippen molar-refractivity contribution in [3.05, 3.63) is 47.0 Å². The van der Waals surface area contributed by atoms with Crippen molar-refractivity contribution >= 4 is 17.4 Å². The fourth-order valence-corrected chi connectivity index (χ4v) is 3.34. The molecule has 2 aromatic rings. The van der Waals surface area contributed by atoms with Gasteiger partial charge >= 0.3 is 0 Å². The Morgan fingerprint density at radius 2 is 1.54 bits per heavy atom. The molecule has 0 N–H and O–H groups in total. The summed E-state index contributed by atoms with van der Waals surface area (Å²) in [6.45, 7) is 0. The van der Waals surface area contributed by atoms with E-state index in [1.807, 2.05) is 30.3 Å². The zero-order valence-corrected chi connectivity index (χ0v) is 15.4. The zero-order chi connectivity index (χ0) is 18.7. The van der Waals surface area contributed by atoms with E-state index in [4.69, 9.17) is 18.9 Å². The highest BCUT2D eigenvalue weighted by molar-refractivity contribution is 6.27. The van der Waals surface area contributed by atoms with Crippen LogP contribution < -0.4 is 18.9 Å². The third-order valence-electron chi connectivity index (χ3n) is 4.58. The Bertz CT molecular complexity index is 867. The van der Waals surface area contributed by atoms with E-state index >= 15 is 0 Å². The number of fused-ring (bicyclic) bond motifs is 1. The standard InChI is InChI=1S/C21H22O5/c1-23-18-7-5-6-14-15(18)9-10-17(22)16(14)12-13-8-11-19(24-2)21(26-4)20(13)25-3/h5-8,11-12H,9-10H2,1-4H3/b16-12+. The Labute approximate surface area is 153 Å². The van der Waals surface area contributed by atoms with Gasteiger partial charge in [0.2, 0.25) is 5.75 Å². The van der Waals surface area contributed by atoms with Gasteiger partial charge in [0.05, 0.1) is 28.4 Å². The second-order valence-electron chi connectivity index (χ2n) is 5.89. The van der Waals surface area contributed by atoms with Crippen LogP contribution in [0.5, 0.6) is 23.0 Å². The van der Waals surface area contributed by atoms with E-state index in [2.05, 4.69) is 0 Å². The molecule has 0 aliphatic heterocycles. The first-order chi connectivity index (χ1) is 12.6. The summed E-state index contributed by atoms with van der Waals surface area (Å²) in [4.78, 5) is 12.6. The largest absolute Gasteiger partial charge is 0.496 e. The van der Waals surface area contributed by atoms with Crippen molar-refractivity contribution in [3.63, 3.8) is 0 Å². The number of hydrogen-bond donors (Lipinski definition) is 0. The number of Topliss-reactive ketones (excluding diaryl/α,β-unsaturated/α-hetero) is 1. The molecule has 0 saturated heterocycles. The Morgan fingerprint density at radius 1 is 0.808 bits per heavy atom. The topological polar surface area (TPSA) is 54.0 Å². The van der Waals surface area contributed by atoms with Crippen molar-refractivity contribution in [1.82, 2.24) is 0 Å². The van der Waals surface area contributed by atoms with Crippen LogP contribution in [-0.2, 0) is 11.2 Å². The maximum Gasteiger partial charge on any atom is 0.203 e. The van der Waals surface area contributed by atoms with Gasteiger partial charge in [-0.25, -0.2) is 0 Å². The van der Waals surface area contributed by atoms with Gasteiger partial charge in [-0.2, -0.15) is 0 Å². The summed E-state index contributed by atoms with van der Waals surface area (Å²) in [6, 6.07) is 9.43. The van der Waals surface area contributed by atoms with Crippen molar-refractivity contribution in [2.75, 3.05) is 28.4 Å². The van der Waals surface area contributed by atoms with Crippen LogP contribution >= 0.6 is 0 Å².